The van der Waals surface area contributed by atoms with Crippen LogP contribution in [0.25, 0.3) is 0 Å². The maximum Gasteiger partial charge on any atom is 0.423 e. The minimum atomic E-state index is -4.80. The molecular formula is C27H32F3N7O3. The number of amides is 1. The van der Waals surface area contributed by atoms with Gasteiger partial charge in [0.1, 0.15) is 5.56 Å². The molecule has 2 aromatic rings. The quantitative estimate of drug-likeness (QED) is 0.552. The van der Waals surface area contributed by atoms with Gasteiger partial charge in [-0.25, -0.2) is 5.10 Å². The summed E-state index contributed by atoms with van der Waals surface area (Å²) in [7, 11) is 0. The van der Waals surface area contributed by atoms with Crippen molar-refractivity contribution in [2.45, 2.75) is 37.6 Å². The molecule has 1 amide bonds. The van der Waals surface area contributed by atoms with E-state index >= 15 is 0 Å². The van der Waals surface area contributed by atoms with E-state index < -0.39 is 17.3 Å². The van der Waals surface area contributed by atoms with Crippen molar-refractivity contribution in [3.63, 3.8) is 0 Å². The summed E-state index contributed by atoms with van der Waals surface area (Å²) >= 11 is 0. The monoisotopic (exact) mass is 559 g/mol. The summed E-state index contributed by atoms with van der Waals surface area (Å²) in [5.74, 6) is -0.166. The Hall–Kier alpha value is -3.63. The number of nitrogens with zero attached hydrogens (tertiary/aromatic N) is 5. The highest BCUT2D eigenvalue weighted by Crippen LogP contribution is 2.36. The van der Waals surface area contributed by atoms with Crippen molar-refractivity contribution in [2.24, 2.45) is 5.92 Å². The molecule has 0 bridgehead atoms. The van der Waals surface area contributed by atoms with Crippen molar-refractivity contribution >= 4 is 17.3 Å². The fraction of sp³-hybridized carbons (Fsp3) is 0.556. The number of aromatic amines is 1. The topological polar surface area (TPSA) is 118 Å². The molecule has 4 heterocycles. The van der Waals surface area contributed by atoms with Crippen LogP contribution in [0.4, 0.5) is 24.5 Å². The zero-order valence-electron chi connectivity index (χ0n) is 22.0. The minimum absolute atomic E-state index is 0.0761. The summed E-state index contributed by atoms with van der Waals surface area (Å²) in [6.45, 7) is 4.29. The van der Waals surface area contributed by atoms with Crippen molar-refractivity contribution < 1.29 is 22.7 Å². The van der Waals surface area contributed by atoms with Gasteiger partial charge in [-0.2, -0.15) is 23.5 Å². The molecule has 0 spiro atoms. The number of halogens is 3. The van der Waals surface area contributed by atoms with E-state index in [1.54, 1.807) is 17.0 Å². The Morgan fingerprint density at radius 3 is 2.58 bits per heavy atom. The third-order valence-corrected chi connectivity index (χ3v) is 7.94. The second-order valence-corrected chi connectivity index (χ2v) is 10.5. The van der Waals surface area contributed by atoms with Gasteiger partial charge in [0.15, 0.2) is 0 Å². The van der Waals surface area contributed by atoms with Gasteiger partial charge >= 0.3 is 6.18 Å². The number of carbonyl (C=O) groups is 1. The molecule has 0 aliphatic carbocycles. The van der Waals surface area contributed by atoms with E-state index in [0.29, 0.717) is 70.6 Å². The Balaban J connectivity index is 1.14. The number of alkyl halides is 3. The molecule has 0 unspecified atom stereocenters. The molecule has 3 aliphatic rings. The maximum atomic E-state index is 13.6. The fourth-order valence-corrected chi connectivity index (χ4v) is 5.86. The average Bonchev–Trinajstić information content (AvgIpc) is 3.44. The molecule has 1 aromatic heterocycles. The molecule has 3 atom stereocenters. The fourth-order valence-electron chi connectivity index (χ4n) is 5.86. The number of H-pyrrole nitrogens is 1. The number of carbonyl (C=O) groups excluding carboxylic acids is 1. The lowest BCUT2D eigenvalue weighted by Crippen LogP contribution is -2.54. The number of hydrogen-bond acceptors (Lipinski definition) is 8. The molecule has 2 N–H and O–H groups in total. The highest BCUT2D eigenvalue weighted by atomic mass is 19.4. The highest BCUT2D eigenvalue weighted by molar-refractivity contribution is 5.79. The van der Waals surface area contributed by atoms with Crippen LogP contribution in [0.15, 0.2) is 35.3 Å². The number of piperazine rings is 1. The van der Waals surface area contributed by atoms with Crippen LogP contribution in [0.3, 0.4) is 0 Å². The predicted molar refractivity (Wildman–Crippen MR) is 141 cm³/mol. The molecule has 0 saturated carbocycles. The SMILES string of the molecule is N#Cc1ccc(N2CCN(C(=O)[C@@H]3CNC[C@@H](OC[C@@H]4CCCN4c4cn[nH]c(=O)c4C(F)(F)F)C3)CC2)cc1. The van der Waals surface area contributed by atoms with Crippen LogP contribution in [-0.2, 0) is 15.7 Å². The normalized spacial score (nSPS) is 23.8. The summed E-state index contributed by atoms with van der Waals surface area (Å²) in [6, 6.07) is 9.21. The first-order valence-corrected chi connectivity index (χ1v) is 13.5. The second-order valence-electron chi connectivity index (χ2n) is 10.5. The minimum Gasteiger partial charge on any atom is -0.375 e. The summed E-state index contributed by atoms with van der Waals surface area (Å²) in [5.41, 5.74) is -1.08. The van der Waals surface area contributed by atoms with Crippen LogP contribution in [0.2, 0.25) is 0 Å². The van der Waals surface area contributed by atoms with E-state index in [0.717, 1.165) is 11.9 Å². The molecule has 40 heavy (non-hydrogen) atoms. The van der Waals surface area contributed by atoms with Gasteiger partial charge in [0.05, 0.1) is 48.2 Å². The summed E-state index contributed by atoms with van der Waals surface area (Å²) < 4.78 is 47.0. The van der Waals surface area contributed by atoms with Crippen LogP contribution in [0.5, 0.6) is 0 Å². The maximum absolute atomic E-state index is 13.6. The lowest BCUT2D eigenvalue weighted by molar-refractivity contribution is -0.138. The van der Waals surface area contributed by atoms with Gasteiger partial charge in [0.2, 0.25) is 5.91 Å². The Morgan fingerprint density at radius 2 is 1.88 bits per heavy atom. The van der Waals surface area contributed by atoms with Gasteiger partial charge in [-0.3, -0.25) is 9.59 Å². The number of piperidine rings is 1. The van der Waals surface area contributed by atoms with Crippen molar-refractivity contribution in [2.75, 3.05) is 62.2 Å². The third-order valence-electron chi connectivity index (χ3n) is 7.94. The van der Waals surface area contributed by atoms with E-state index in [1.807, 2.05) is 22.1 Å². The standard InChI is InChI=1S/C27H32F3N7O3/c28-27(29,30)24-23(16-33-34-25(24)38)37-7-1-2-21(37)17-40-22-12-19(14-32-15-22)26(39)36-10-8-35(9-11-36)20-5-3-18(13-31)4-6-20/h3-6,16,19,21-22,32H,1-2,7-12,14-15,17H2,(H,34,38)/t19-,21-,22-/m0/s1. The van der Waals surface area contributed by atoms with Crippen LogP contribution in [0, 0.1) is 17.2 Å². The van der Waals surface area contributed by atoms with E-state index in [1.165, 1.54) is 0 Å². The van der Waals surface area contributed by atoms with Crippen LogP contribution in [-0.4, -0.2) is 85.6 Å². The van der Waals surface area contributed by atoms with E-state index in [-0.39, 0.29) is 36.3 Å². The predicted octanol–water partition coefficient (Wildman–Crippen LogP) is 1.97. The van der Waals surface area contributed by atoms with Crippen LogP contribution < -0.4 is 20.7 Å². The number of hydrogen-bond donors (Lipinski definition) is 2. The van der Waals surface area contributed by atoms with E-state index in [4.69, 9.17) is 10.00 Å². The Labute approximate surface area is 229 Å². The first-order valence-electron chi connectivity index (χ1n) is 13.5. The number of aromatic nitrogens is 2. The van der Waals surface area contributed by atoms with Gasteiger partial charge < -0.3 is 24.8 Å². The Morgan fingerprint density at radius 1 is 1.12 bits per heavy atom. The number of ether oxygens (including phenoxy) is 1. The number of benzene rings is 1. The molecule has 1 aromatic carbocycles. The largest absolute Gasteiger partial charge is 0.423 e. The molecular weight excluding hydrogens is 527 g/mol. The molecule has 3 saturated heterocycles. The third kappa shape index (κ3) is 6.08. The van der Waals surface area contributed by atoms with Crippen molar-refractivity contribution in [3.05, 3.63) is 51.9 Å². The van der Waals surface area contributed by atoms with Crippen molar-refractivity contribution in [1.82, 2.24) is 20.4 Å². The number of rotatable bonds is 6. The lowest BCUT2D eigenvalue weighted by atomic mass is 9.95. The van der Waals surface area contributed by atoms with Crippen LogP contribution in [0.1, 0.15) is 30.4 Å². The molecule has 10 nitrogen and oxygen atoms in total. The molecule has 0 radical (unpaired) electrons. The molecule has 214 valence electrons. The zero-order chi connectivity index (χ0) is 28.3. The van der Waals surface area contributed by atoms with Gasteiger partial charge in [-0.15, -0.1) is 0 Å². The van der Waals surface area contributed by atoms with E-state index in [2.05, 4.69) is 21.4 Å². The molecule has 3 fully saturated rings. The average molecular weight is 560 g/mol. The smallest absolute Gasteiger partial charge is 0.375 e. The van der Waals surface area contributed by atoms with Crippen molar-refractivity contribution in [3.8, 4) is 6.07 Å². The lowest BCUT2D eigenvalue weighted by Gasteiger charge is -2.39. The zero-order valence-corrected chi connectivity index (χ0v) is 22.0. The number of anilines is 2. The van der Waals surface area contributed by atoms with Gasteiger partial charge in [0.25, 0.3) is 5.56 Å². The van der Waals surface area contributed by atoms with Gasteiger partial charge in [0, 0.05) is 51.5 Å². The number of nitrogens with one attached hydrogen (secondary N) is 2. The van der Waals surface area contributed by atoms with Crippen molar-refractivity contribution in [1.29, 1.82) is 5.26 Å². The Bertz CT molecular complexity index is 1290. The first-order chi connectivity index (χ1) is 19.2. The molecule has 5 rings (SSSR count). The molecule has 13 heteroatoms. The number of nitriles is 1. The summed E-state index contributed by atoms with van der Waals surface area (Å²) in [4.78, 5) is 30.9. The first kappa shape index (κ1) is 27.9. The van der Waals surface area contributed by atoms with Crippen LogP contribution >= 0.6 is 0 Å². The van der Waals surface area contributed by atoms with E-state index in [9.17, 15) is 22.8 Å². The Kier molecular flexibility index (Phi) is 8.27. The van der Waals surface area contributed by atoms with Gasteiger partial charge in [-0.1, -0.05) is 0 Å². The summed E-state index contributed by atoms with van der Waals surface area (Å²) in [5, 5.41) is 17.8. The summed E-state index contributed by atoms with van der Waals surface area (Å²) in [6.07, 6.45) is -2.14. The molecule has 3 aliphatic heterocycles. The highest BCUT2D eigenvalue weighted by Gasteiger charge is 2.41. The second kappa shape index (κ2) is 11.9. The van der Waals surface area contributed by atoms with Gasteiger partial charge in [-0.05, 0) is 43.5 Å².